The normalized spacial score (nSPS) is 54.1. The Kier molecular flexibility index (Phi) is 10.8. The van der Waals surface area contributed by atoms with Crippen molar-refractivity contribution < 1.29 is 93.7 Å². The molecule has 0 aromatic heterocycles. The molecule has 6 aliphatic heterocycles. The lowest BCUT2D eigenvalue weighted by Gasteiger charge is -2.52. The first-order chi connectivity index (χ1) is 22.6. The van der Waals surface area contributed by atoms with E-state index >= 15 is 0 Å². The number of rotatable bonds is 9. The van der Waals surface area contributed by atoms with Crippen LogP contribution in [0.15, 0.2) is 0 Å². The Bertz CT molecular complexity index is 1090. The molecule has 0 spiro atoms. The SMILES string of the molecule is CC(C)(C)C[C@@]1(O[C@@H]2[C@H]3OC[C@@H]2O[C@@H](O[C@@H]2[C@@H](O)[C@H](O[C@@H]4[C@H]5OC[C@@H]4O[C@@H](O)[C@H]5O)O[C@H](CO)[C@H]2O)[C@H]3O)O[C@H](CO)[C@H](O)[C@H](O)[C@H]1O. The molecular weight excluding hydrogens is 652 g/mol. The smallest absolute Gasteiger partial charge is 0.198 e. The summed E-state index contributed by atoms with van der Waals surface area (Å²) in [5.41, 5.74) is -0.576. The average molecular weight is 701 g/mol. The van der Waals surface area contributed by atoms with Gasteiger partial charge in [-0.3, -0.25) is 0 Å². The summed E-state index contributed by atoms with van der Waals surface area (Å²) in [7, 11) is 0. The maximum atomic E-state index is 11.4. The predicted molar refractivity (Wildman–Crippen MR) is 150 cm³/mol. The van der Waals surface area contributed by atoms with E-state index in [0.717, 1.165) is 0 Å². The first kappa shape index (κ1) is 37.0. The molecule has 10 N–H and O–H groups in total. The number of hydrogen-bond acceptors (Lipinski definition) is 19. The van der Waals surface area contributed by atoms with Crippen LogP contribution in [0.5, 0.6) is 0 Å². The van der Waals surface area contributed by atoms with E-state index in [2.05, 4.69) is 0 Å². The van der Waals surface area contributed by atoms with E-state index in [1.165, 1.54) is 0 Å². The van der Waals surface area contributed by atoms with Crippen molar-refractivity contribution in [1.29, 1.82) is 0 Å². The molecule has 6 saturated heterocycles. The summed E-state index contributed by atoms with van der Waals surface area (Å²) in [6.45, 7) is 3.93. The van der Waals surface area contributed by atoms with Gasteiger partial charge in [0, 0.05) is 6.42 Å². The number of aliphatic hydroxyl groups excluding tert-OH is 10. The summed E-state index contributed by atoms with van der Waals surface area (Å²) in [6, 6.07) is 0. The van der Waals surface area contributed by atoms with Crippen LogP contribution in [0.3, 0.4) is 0 Å². The van der Waals surface area contributed by atoms with Gasteiger partial charge in [-0.15, -0.1) is 0 Å². The third kappa shape index (κ3) is 6.67. The van der Waals surface area contributed by atoms with E-state index in [0.29, 0.717) is 0 Å². The molecule has 19 nitrogen and oxygen atoms in total. The summed E-state index contributed by atoms with van der Waals surface area (Å²) < 4.78 is 52.2. The van der Waals surface area contributed by atoms with Crippen LogP contribution in [0.2, 0.25) is 0 Å². The summed E-state index contributed by atoms with van der Waals surface area (Å²) >= 11 is 0. The van der Waals surface area contributed by atoms with Gasteiger partial charge < -0.3 is 93.7 Å². The van der Waals surface area contributed by atoms with Crippen LogP contribution in [-0.4, -0.2) is 200 Å². The van der Waals surface area contributed by atoms with Crippen molar-refractivity contribution >= 4 is 0 Å². The highest BCUT2D eigenvalue weighted by Crippen LogP contribution is 2.45. The van der Waals surface area contributed by atoms with Gasteiger partial charge in [-0.1, -0.05) is 20.8 Å². The van der Waals surface area contributed by atoms with Crippen LogP contribution in [0, 0.1) is 5.41 Å². The second-order valence-corrected chi connectivity index (χ2v) is 14.5. The monoisotopic (exact) mass is 700 g/mol. The molecular formula is C29H48O19. The molecule has 0 aliphatic carbocycles. The quantitative estimate of drug-likeness (QED) is 0.107. The van der Waals surface area contributed by atoms with Crippen molar-refractivity contribution in [3.63, 3.8) is 0 Å². The van der Waals surface area contributed by atoms with E-state index in [1.54, 1.807) is 0 Å². The zero-order valence-electron chi connectivity index (χ0n) is 26.7. The van der Waals surface area contributed by atoms with Crippen molar-refractivity contribution in [3.05, 3.63) is 0 Å². The molecule has 48 heavy (non-hydrogen) atoms. The second kappa shape index (κ2) is 14.0. The minimum absolute atomic E-state index is 0.0212. The second-order valence-electron chi connectivity index (χ2n) is 14.5. The fourth-order valence-corrected chi connectivity index (χ4v) is 7.38. The van der Waals surface area contributed by atoms with Crippen molar-refractivity contribution in [2.75, 3.05) is 26.4 Å². The molecule has 20 atom stereocenters. The molecule has 6 fully saturated rings. The maximum absolute atomic E-state index is 11.4. The Morgan fingerprint density at radius 2 is 1.21 bits per heavy atom. The molecule has 6 heterocycles. The minimum Gasteiger partial charge on any atom is -0.394 e. The highest BCUT2D eigenvalue weighted by atomic mass is 16.8. The van der Waals surface area contributed by atoms with Gasteiger partial charge in [-0.25, -0.2) is 0 Å². The van der Waals surface area contributed by atoms with Gasteiger partial charge in [0.05, 0.1) is 26.4 Å². The van der Waals surface area contributed by atoms with Gasteiger partial charge in [0.15, 0.2) is 24.7 Å². The fourth-order valence-electron chi connectivity index (χ4n) is 7.38. The van der Waals surface area contributed by atoms with Crippen LogP contribution in [0.4, 0.5) is 0 Å². The molecule has 0 amide bonds. The summed E-state index contributed by atoms with van der Waals surface area (Å²) in [4.78, 5) is 0. The van der Waals surface area contributed by atoms with Crippen molar-refractivity contribution in [1.82, 2.24) is 0 Å². The Hall–Kier alpha value is -0.760. The summed E-state index contributed by atoms with van der Waals surface area (Å²) in [5.74, 6) is -1.97. The van der Waals surface area contributed by atoms with Crippen LogP contribution in [-0.2, 0) is 42.6 Å². The maximum Gasteiger partial charge on any atom is 0.198 e. The van der Waals surface area contributed by atoms with Gasteiger partial charge in [-0.05, 0) is 5.41 Å². The van der Waals surface area contributed by atoms with E-state index < -0.39 is 141 Å². The Morgan fingerprint density at radius 1 is 0.625 bits per heavy atom. The van der Waals surface area contributed by atoms with Gasteiger partial charge in [0.2, 0.25) is 0 Å². The molecule has 0 radical (unpaired) electrons. The number of fused-ring (bicyclic) bond motifs is 4. The molecule has 0 aromatic rings. The van der Waals surface area contributed by atoms with Gasteiger partial charge in [-0.2, -0.15) is 0 Å². The lowest BCUT2D eigenvalue weighted by atomic mass is 9.80. The Morgan fingerprint density at radius 3 is 1.83 bits per heavy atom. The van der Waals surface area contributed by atoms with Crippen molar-refractivity contribution in [2.45, 2.75) is 150 Å². The highest BCUT2D eigenvalue weighted by Gasteiger charge is 2.62. The minimum atomic E-state index is -1.97. The lowest BCUT2D eigenvalue weighted by Crippen LogP contribution is -2.69. The fraction of sp³-hybridized carbons (Fsp3) is 1.00. The highest BCUT2D eigenvalue weighted by molar-refractivity contribution is 5.04. The summed E-state index contributed by atoms with van der Waals surface area (Å²) in [5, 5.41) is 106. The molecule has 4 bridgehead atoms. The lowest BCUT2D eigenvalue weighted by molar-refractivity contribution is -0.404. The third-order valence-electron chi connectivity index (χ3n) is 9.71. The van der Waals surface area contributed by atoms with Gasteiger partial charge >= 0.3 is 0 Å². The van der Waals surface area contributed by atoms with Crippen molar-refractivity contribution in [2.24, 2.45) is 5.41 Å². The van der Waals surface area contributed by atoms with Gasteiger partial charge in [0.1, 0.15) is 97.7 Å². The first-order valence-corrected chi connectivity index (χ1v) is 16.1. The van der Waals surface area contributed by atoms with Gasteiger partial charge in [0.25, 0.3) is 0 Å². The van der Waals surface area contributed by atoms with E-state index in [-0.39, 0.29) is 19.6 Å². The topological polar surface area (TPSA) is 285 Å². The largest absolute Gasteiger partial charge is 0.394 e. The zero-order valence-corrected chi connectivity index (χ0v) is 26.7. The molecule has 0 unspecified atom stereocenters. The van der Waals surface area contributed by atoms with Crippen molar-refractivity contribution in [3.8, 4) is 0 Å². The molecule has 6 rings (SSSR count). The summed E-state index contributed by atoms with van der Waals surface area (Å²) in [6.07, 6.45) is -26.5. The number of hydrogen-bond donors (Lipinski definition) is 10. The van der Waals surface area contributed by atoms with E-state index in [9.17, 15) is 51.1 Å². The van der Waals surface area contributed by atoms with Crippen LogP contribution in [0.1, 0.15) is 27.2 Å². The first-order valence-electron chi connectivity index (χ1n) is 16.1. The number of ether oxygens (including phenoxy) is 9. The zero-order chi connectivity index (χ0) is 34.9. The Labute approximate surface area is 275 Å². The average Bonchev–Trinajstić information content (AvgIpc) is 3.51. The van der Waals surface area contributed by atoms with E-state index in [4.69, 9.17) is 42.6 Å². The van der Waals surface area contributed by atoms with Crippen LogP contribution >= 0.6 is 0 Å². The molecule has 6 aliphatic rings. The predicted octanol–water partition coefficient (Wildman–Crippen LogP) is -5.85. The molecule has 0 saturated carbocycles. The van der Waals surface area contributed by atoms with Crippen LogP contribution < -0.4 is 0 Å². The third-order valence-corrected chi connectivity index (χ3v) is 9.71. The number of aliphatic hydroxyl groups is 10. The molecule has 278 valence electrons. The van der Waals surface area contributed by atoms with Crippen LogP contribution in [0.25, 0.3) is 0 Å². The van der Waals surface area contributed by atoms with E-state index in [1.807, 2.05) is 20.8 Å². The molecule has 19 heteroatoms. The molecule has 0 aromatic carbocycles. The Balaban J connectivity index is 1.17. The standard InChI is InChI=1S/C29H48O19/c1-28(2,3)8-29(24(38)15(34)13(32)10(5-31)47-29)48-20-12-7-41-23(20)18(37)27(44-12)46-21-14(33)9(4-30)43-26(17(21)36)45-19-11-6-40-22(19)16(35)25(39)42-11/h9-27,30-39H,4-8H2,1-3H3/t9-,10-,11+,12+,13+,14-,15+,16+,17-,18+,19+,20+,21+,22+,23+,24-,25-,26+,27+,29+/m1/s1.